The monoisotopic (exact) mass is 332 g/mol. The van der Waals surface area contributed by atoms with Gasteiger partial charge in [0.15, 0.2) is 0 Å². The third kappa shape index (κ3) is 4.28. The minimum atomic E-state index is 0.0123. The summed E-state index contributed by atoms with van der Waals surface area (Å²) in [6, 6.07) is 5.84. The van der Waals surface area contributed by atoms with Crippen LogP contribution >= 0.6 is 0 Å². The van der Waals surface area contributed by atoms with Crippen LogP contribution in [-0.2, 0) is 4.74 Å². The summed E-state index contributed by atoms with van der Waals surface area (Å²) in [5.41, 5.74) is 1.69. The number of nitrogens with zero attached hydrogens (tertiary/aromatic N) is 1. The lowest BCUT2D eigenvalue weighted by Gasteiger charge is -2.33. The van der Waals surface area contributed by atoms with Crippen LogP contribution in [0.15, 0.2) is 18.2 Å². The van der Waals surface area contributed by atoms with Gasteiger partial charge in [0, 0.05) is 37.8 Å². The van der Waals surface area contributed by atoms with Crippen molar-refractivity contribution >= 4 is 5.91 Å². The number of carbonyl (C=O) groups excluding carboxylic acids is 1. The van der Waals surface area contributed by atoms with Gasteiger partial charge in [0.2, 0.25) is 0 Å². The molecule has 2 fully saturated rings. The summed E-state index contributed by atoms with van der Waals surface area (Å²) >= 11 is 0. The molecular weight excluding hydrogens is 304 g/mol. The molecule has 1 aromatic rings. The Labute approximate surface area is 144 Å². The SMILES string of the molecule is COc1ccc(C(=O)NC2CCN(C[C@@H]3CCCO3)CC2)cc1C. The number of nitrogens with one attached hydrogen (secondary N) is 1. The van der Waals surface area contributed by atoms with Gasteiger partial charge in [0.25, 0.3) is 5.91 Å². The summed E-state index contributed by atoms with van der Waals surface area (Å²) in [5, 5.41) is 3.18. The molecule has 0 aromatic heterocycles. The highest BCUT2D eigenvalue weighted by Gasteiger charge is 2.25. The predicted octanol–water partition coefficient (Wildman–Crippen LogP) is 2.38. The molecule has 3 rings (SSSR count). The summed E-state index contributed by atoms with van der Waals surface area (Å²) in [6.07, 6.45) is 4.81. The molecule has 0 saturated carbocycles. The smallest absolute Gasteiger partial charge is 0.251 e. The van der Waals surface area contributed by atoms with Crippen LogP contribution in [-0.4, -0.2) is 56.3 Å². The molecule has 0 spiro atoms. The van der Waals surface area contributed by atoms with Crippen LogP contribution in [0.5, 0.6) is 5.75 Å². The van der Waals surface area contributed by atoms with Crippen LogP contribution in [0.4, 0.5) is 0 Å². The number of methoxy groups -OCH3 is 1. The van der Waals surface area contributed by atoms with Crippen molar-refractivity contribution < 1.29 is 14.3 Å². The second kappa shape index (κ2) is 7.99. The molecule has 1 N–H and O–H groups in total. The van der Waals surface area contributed by atoms with E-state index in [4.69, 9.17) is 9.47 Å². The van der Waals surface area contributed by atoms with Gasteiger partial charge < -0.3 is 19.7 Å². The number of aryl methyl sites for hydroxylation is 1. The largest absolute Gasteiger partial charge is 0.496 e. The van der Waals surface area contributed by atoms with Gasteiger partial charge in [-0.05, 0) is 56.4 Å². The van der Waals surface area contributed by atoms with Crippen LogP contribution in [0.3, 0.4) is 0 Å². The number of benzene rings is 1. The zero-order chi connectivity index (χ0) is 16.9. The van der Waals surface area contributed by atoms with Crippen molar-refractivity contribution in [2.24, 2.45) is 0 Å². The standard InChI is InChI=1S/C19H28N2O3/c1-14-12-15(5-6-18(14)23-2)19(22)20-16-7-9-21(10-8-16)13-17-4-3-11-24-17/h5-6,12,16-17H,3-4,7-11,13H2,1-2H3,(H,20,22)/t17-/m0/s1. The molecule has 2 aliphatic rings. The predicted molar refractivity (Wildman–Crippen MR) is 93.6 cm³/mol. The van der Waals surface area contributed by atoms with E-state index in [0.717, 1.165) is 50.4 Å². The summed E-state index contributed by atoms with van der Waals surface area (Å²) < 4.78 is 11.0. The van der Waals surface area contributed by atoms with Gasteiger partial charge in [-0.15, -0.1) is 0 Å². The third-order valence-corrected chi connectivity index (χ3v) is 5.07. The number of piperidine rings is 1. The molecule has 24 heavy (non-hydrogen) atoms. The number of hydrogen-bond donors (Lipinski definition) is 1. The molecule has 2 aliphatic heterocycles. The van der Waals surface area contributed by atoms with Gasteiger partial charge in [-0.25, -0.2) is 0 Å². The first-order valence-electron chi connectivity index (χ1n) is 8.95. The topological polar surface area (TPSA) is 50.8 Å². The van der Waals surface area contributed by atoms with Crippen molar-refractivity contribution in [2.75, 3.05) is 33.4 Å². The fourth-order valence-corrected chi connectivity index (χ4v) is 3.62. The molecule has 2 saturated heterocycles. The van der Waals surface area contributed by atoms with E-state index in [1.807, 2.05) is 25.1 Å². The lowest BCUT2D eigenvalue weighted by atomic mass is 10.0. The molecule has 1 aromatic carbocycles. The van der Waals surface area contributed by atoms with E-state index in [2.05, 4.69) is 10.2 Å². The Balaban J connectivity index is 1.46. The average molecular weight is 332 g/mol. The maximum atomic E-state index is 12.4. The van der Waals surface area contributed by atoms with Crippen molar-refractivity contribution in [2.45, 2.75) is 44.8 Å². The highest BCUT2D eigenvalue weighted by molar-refractivity contribution is 5.94. The third-order valence-electron chi connectivity index (χ3n) is 5.07. The van der Waals surface area contributed by atoms with Gasteiger partial charge in [0.05, 0.1) is 13.2 Å². The number of hydrogen-bond acceptors (Lipinski definition) is 4. The average Bonchev–Trinajstić information content (AvgIpc) is 3.09. The van der Waals surface area contributed by atoms with Crippen molar-refractivity contribution in [3.8, 4) is 5.75 Å². The highest BCUT2D eigenvalue weighted by Crippen LogP contribution is 2.20. The van der Waals surface area contributed by atoms with Crippen LogP contribution in [0, 0.1) is 6.92 Å². The van der Waals surface area contributed by atoms with E-state index < -0.39 is 0 Å². The molecule has 5 nitrogen and oxygen atoms in total. The normalized spacial score (nSPS) is 22.5. The summed E-state index contributed by atoms with van der Waals surface area (Å²) in [6.45, 7) is 5.98. The van der Waals surface area contributed by atoms with E-state index in [0.29, 0.717) is 11.7 Å². The zero-order valence-corrected chi connectivity index (χ0v) is 14.7. The van der Waals surface area contributed by atoms with Crippen LogP contribution < -0.4 is 10.1 Å². The first-order chi connectivity index (χ1) is 11.7. The van der Waals surface area contributed by atoms with Gasteiger partial charge in [0.1, 0.15) is 5.75 Å². The molecule has 0 unspecified atom stereocenters. The van der Waals surface area contributed by atoms with Crippen molar-refractivity contribution in [3.63, 3.8) is 0 Å². The number of ether oxygens (including phenoxy) is 2. The number of rotatable bonds is 5. The van der Waals surface area contributed by atoms with Crippen LogP contribution in [0.25, 0.3) is 0 Å². The van der Waals surface area contributed by atoms with Gasteiger partial charge >= 0.3 is 0 Å². The van der Waals surface area contributed by atoms with Gasteiger partial charge in [-0.1, -0.05) is 0 Å². The summed E-state index contributed by atoms with van der Waals surface area (Å²) in [5.74, 6) is 0.826. The Morgan fingerprint density at radius 2 is 2.12 bits per heavy atom. The van der Waals surface area contributed by atoms with E-state index in [-0.39, 0.29) is 11.9 Å². The minimum absolute atomic E-state index is 0.0123. The minimum Gasteiger partial charge on any atom is -0.496 e. The lowest BCUT2D eigenvalue weighted by Crippen LogP contribution is -2.46. The lowest BCUT2D eigenvalue weighted by molar-refractivity contribution is 0.0613. The molecule has 5 heteroatoms. The van der Waals surface area contributed by atoms with Gasteiger partial charge in [-0.2, -0.15) is 0 Å². The Bertz CT molecular complexity index is 562. The van der Waals surface area contributed by atoms with E-state index >= 15 is 0 Å². The molecule has 132 valence electrons. The fourth-order valence-electron chi connectivity index (χ4n) is 3.62. The second-order valence-electron chi connectivity index (χ2n) is 6.87. The van der Waals surface area contributed by atoms with E-state index in [1.54, 1.807) is 7.11 Å². The highest BCUT2D eigenvalue weighted by atomic mass is 16.5. The van der Waals surface area contributed by atoms with Crippen LogP contribution in [0.1, 0.15) is 41.6 Å². The van der Waals surface area contributed by atoms with Crippen molar-refractivity contribution in [1.29, 1.82) is 0 Å². The summed E-state index contributed by atoms with van der Waals surface area (Å²) in [4.78, 5) is 14.9. The van der Waals surface area contributed by atoms with E-state index in [9.17, 15) is 4.79 Å². The van der Waals surface area contributed by atoms with E-state index in [1.165, 1.54) is 12.8 Å². The Morgan fingerprint density at radius 1 is 1.33 bits per heavy atom. The Hall–Kier alpha value is -1.59. The molecule has 1 atom stereocenters. The number of carbonyl (C=O) groups is 1. The zero-order valence-electron chi connectivity index (χ0n) is 14.7. The van der Waals surface area contributed by atoms with Crippen LogP contribution in [0.2, 0.25) is 0 Å². The summed E-state index contributed by atoms with van der Waals surface area (Å²) in [7, 11) is 1.65. The van der Waals surface area contributed by atoms with Crippen molar-refractivity contribution in [3.05, 3.63) is 29.3 Å². The molecule has 2 heterocycles. The molecule has 0 radical (unpaired) electrons. The number of likely N-dealkylation sites (tertiary alicyclic amines) is 1. The Kier molecular flexibility index (Phi) is 5.74. The van der Waals surface area contributed by atoms with Crippen molar-refractivity contribution in [1.82, 2.24) is 10.2 Å². The quantitative estimate of drug-likeness (QED) is 0.899. The molecule has 0 aliphatic carbocycles. The van der Waals surface area contributed by atoms with Gasteiger partial charge in [-0.3, -0.25) is 4.79 Å². The molecule has 0 bridgehead atoms. The second-order valence-corrected chi connectivity index (χ2v) is 6.87. The Morgan fingerprint density at radius 3 is 2.75 bits per heavy atom. The first kappa shape index (κ1) is 17.2. The maximum absolute atomic E-state index is 12.4. The maximum Gasteiger partial charge on any atom is 0.251 e. The number of amides is 1. The molecule has 1 amide bonds. The molecular formula is C19H28N2O3. The fraction of sp³-hybridized carbons (Fsp3) is 0.632. The first-order valence-corrected chi connectivity index (χ1v) is 8.95.